The summed E-state index contributed by atoms with van der Waals surface area (Å²) >= 11 is 0. The van der Waals surface area contributed by atoms with Crippen molar-refractivity contribution in [3.63, 3.8) is 0 Å². The maximum atomic E-state index is 10.2. The van der Waals surface area contributed by atoms with Crippen LogP contribution in [0.5, 0.6) is 0 Å². The Morgan fingerprint density at radius 3 is 2.50 bits per heavy atom. The third kappa shape index (κ3) is 1.59. The average molecular weight is 247 g/mol. The zero-order valence-electron chi connectivity index (χ0n) is 9.91. The number of hydrogen-bond donors (Lipinski definition) is 2. The number of fused-ring (bicyclic) bond motifs is 1. The zero-order valence-corrected chi connectivity index (χ0v) is 10.7. The molecular formula is C10H17ClN3O2-. The first-order valence-corrected chi connectivity index (χ1v) is 5.00. The van der Waals surface area contributed by atoms with E-state index in [-0.39, 0.29) is 17.9 Å². The molecule has 0 atom stereocenters. The molecule has 0 radical (unpaired) electrons. The van der Waals surface area contributed by atoms with E-state index in [2.05, 4.69) is 5.16 Å². The van der Waals surface area contributed by atoms with Crippen LogP contribution in [-0.4, -0.2) is 21.0 Å². The molecule has 16 heavy (non-hydrogen) atoms. The lowest BCUT2D eigenvalue weighted by Crippen LogP contribution is -3.00. The van der Waals surface area contributed by atoms with Gasteiger partial charge in [0.05, 0.1) is 16.8 Å². The average Bonchev–Trinajstić information content (AvgIpc) is 2.44. The SMILES string of the molecule is CC1(C)Cc2noc(N)c2C(C)(C)N1O.[Cl-]. The lowest BCUT2D eigenvalue weighted by atomic mass is 9.80. The number of aromatic nitrogens is 1. The van der Waals surface area contributed by atoms with Crippen molar-refractivity contribution in [1.29, 1.82) is 0 Å². The monoisotopic (exact) mass is 246 g/mol. The van der Waals surface area contributed by atoms with Gasteiger partial charge in [0, 0.05) is 12.0 Å². The molecule has 2 heterocycles. The number of anilines is 1. The normalized spacial score (nSPS) is 22.3. The molecule has 1 aromatic heterocycles. The Morgan fingerprint density at radius 2 is 1.94 bits per heavy atom. The van der Waals surface area contributed by atoms with Crippen LogP contribution in [0.25, 0.3) is 0 Å². The van der Waals surface area contributed by atoms with Gasteiger partial charge in [-0.25, -0.2) is 0 Å². The van der Waals surface area contributed by atoms with E-state index >= 15 is 0 Å². The van der Waals surface area contributed by atoms with Gasteiger partial charge in [-0.15, -0.1) is 0 Å². The second-order valence-electron chi connectivity index (χ2n) is 5.23. The van der Waals surface area contributed by atoms with Crippen molar-refractivity contribution in [3.05, 3.63) is 11.3 Å². The maximum Gasteiger partial charge on any atom is 0.227 e. The summed E-state index contributed by atoms with van der Waals surface area (Å²) in [5.41, 5.74) is 6.43. The van der Waals surface area contributed by atoms with Crippen LogP contribution in [0, 0.1) is 0 Å². The summed E-state index contributed by atoms with van der Waals surface area (Å²) in [5, 5.41) is 15.4. The van der Waals surface area contributed by atoms with Crippen molar-refractivity contribution >= 4 is 5.88 Å². The first-order valence-electron chi connectivity index (χ1n) is 5.00. The fourth-order valence-corrected chi connectivity index (χ4v) is 2.46. The van der Waals surface area contributed by atoms with E-state index in [0.29, 0.717) is 12.3 Å². The molecule has 0 unspecified atom stereocenters. The molecule has 2 rings (SSSR count). The van der Waals surface area contributed by atoms with E-state index in [1.807, 2.05) is 27.7 Å². The number of hydroxylamine groups is 2. The van der Waals surface area contributed by atoms with Gasteiger partial charge >= 0.3 is 0 Å². The summed E-state index contributed by atoms with van der Waals surface area (Å²) in [7, 11) is 0. The topological polar surface area (TPSA) is 75.5 Å². The Hall–Kier alpha value is -0.780. The van der Waals surface area contributed by atoms with Gasteiger partial charge in [0.2, 0.25) is 5.88 Å². The quantitative estimate of drug-likeness (QED) is 0.584. The van der Waals surface area contributed by atoms with Crippen molar-refractivity contribution in [2.24, 2.45) is 0 Å². The summed E-state index contributed by atoms with van der Waals surface area (Å²) in [6.45, 7) is 7.73. The molecule has 1 aromatic rings. The largest absolute Gasteiger partial charge is 1.00 e. The van der Waals surface area contributed by atoms with E-state index in [1.165, 1.54) is 5.06 Å². The van der Waals surface area contributed by atoms with Crippen LogP contribution in [0.15, 0.2) is 4.52 Å². The second kappa shape index (κ2) is 3.61. The maximum absolute atomic E-state index is 10.2. The highest BCUT2D eigenvalue weighted by atomic mass is 35.5. The lowest BCUT2D eigenvalue weighted by Gasteiger charge is -2.47. The van der Waals surface area contributed by atoms with Crippen LogP contribution in [-0.2, 0) is 12.0 Å². The van der Waals surface area contributed by atoms with Crippen molar-refractivity contribution in [2.75, 3.05) is 5.73 Å². The molecule has 0 bridgehead atoms. The van der Waals surface area contributed by atoms with Gasteiger partial charge in [-0.05, 0) is 27.7 Å². The minimum atomic E-state index is -0.568. The van der Waals surface area contributed by atoms with Crippen molar-refractivity contribution in [1.82, 2.24) is 10.2 Å². The molecule has 6 heteroatoms. The molecular weight excluding hydrogens is 230 g/mol. The third-order valence-electron chi connectivity index (χ3n) is 3.10. The Balaban J connectivity index is 0.00000128. The van der Waals surface area contributed by atoms with Gasteiger partial charge in [0.15, 0.2) is 0 Å². The second-order valence-corrected chi connectivity index (χ2v) is 5.23. The number of nitrogen functional groups attached to an aromatic ring is 1. The van der Waals surface area contributed by atoms with Crippen LogP contribution in [0.2, 0.25) is 0 Å². The predicted molar refractivity (Wildman–Crippen MR) is 55.3 cm³/mol. The van der Waals surface area contributed by atoms with Gasteiger partial charge in [0.25, 0.3) is 0 Å². The van der Waals surface area contributed by atoms with Crippen LogP contribution >= 0.6 is 0 Å². The molecule has 1 aliphatic heterocycles. The summed E-state index contributed by atoms with van der Waals surface area (Å²) in [4.78, 5) is 0. The highest BCUT2D eigenvalue weighted by Gasteiger charge is 2.47. The molecule has 0 aromatic carbocycles. The van der Waals surface area contributed by atoms with Gasteiger partial charge in [0.1, 0.15) is 0 Å². The molecule has 5 nitrogen and oxygen atoms in total. The van der Waals surface area contributed by atoms with E-state index in [1.54, 1.807) is 0 Å². The van der Waals surface area contributed by atoms with Gasteiger partial charge in [-0.1, -0.05) is 5.16 Å². The molecule has 0 spiro atoms. The van der Waals surface area contributed by atoms with Crippen molar-refractivity contribution in [3.8, 4) is 0 Å². The molecule has 0 aliphatic carbocycles. The Morgan fingerprint density at radius 1 is 1.38 bits per heavy atom. The lowest BCUT2D eigenvalue weighted by molar-refractivity contribution is -0.233. The first-order chi connectivity index (χ1) is 6.77. The molecule has 1 aliphatic rings. The highest BCUT2D eigenvalue weighted by Crippen LogP contribution is 2.43. The number of nitrogens with zero attached hydrogens (tertiary/aromatic N) is 2. The summed E-state index contributed by atoms with van der Waals surface area (Å²) < 4.78 is 4.98. The van der Waals surface area contributed by atoms with Crippen LogP contribution < -0.4 is 18.1 Å². The van der Waals surface area contributed by atoms with E-state index in [0.717, 1.165) is 11.3 Å². The highest BCUT2D eigenvalue weighted by molar-refractivity contribution is 5.46. The first kappa shape index (κ1) is 13.3. The zero-order chi connectivity index (χ0) is 11.4. The fourth-order valence-electron chi connectivity index (χ4n) is 2.46. The van der Waals surface area contributed by atoms with Crippen LogP contribution in [0.4, 0.5) is 5.88 Å². The Kier molecular flexibility index (Phi) is 3.00. The minimum Gasteiger partial charge on any atom is -1.00 e. The number of hydrogen-bond acceptors (Lipinski definition) is 5. The number of halogens is 1. The van der Waals surface area contributed by atoms with E-state index in [4.69, 9.17) is 10.3 Å². The third-order valence-corrected chi connectivity index (χ3v) is 3.10. The van der Waals surface area contributed by atoms with Crippen LogP contribution in [0.3, 0.4) is 0 Å². The van der Waals surface area contributed by atoms with Gasteiger partial charge in [-0.2, -0.15) is 5.06 Å². The Bertz CT molecular complexity index is 401. The molecule has 0 amide bonds. The standard InChI is InChI=1S/C10H17N3O2.ClH/c1-9(2)5-6-7(8(11)15-12-6)10(3,4)13(9)14;/h14H,5,11H2,1-4H3;1H/p-1. The number of nitrogens with two attached hydrogens (primary N) is 1. The van der Waals surface area contributed by atoms with Crippen LogP contribution in [0.1, 0.15) is 39.0 Å². The summed E-state index contributed by atoms with van der Waals surface area (Å²) in [6, 6.07) is 0. The van der Waals surface area contributed by atoms with E-state index < -0.39 is 5.54 Å². The molecule has 0 fully saturated rings. The fraction of sp³-hybridized carbons (Fsp3) is 0.700. The summed E-state index contributed by atoms with van der Waals surface area (Å²) in [5.74, 6) is 0.296. The Labute approximate surface area is 101 Å². The molecule has 92 valence electrons. The number of rotatable bonds is 0. The smallest absolute Gasteiger partial charge is 0.227 e. The molecule has 0 saturated carbocycles. The minimum absolute atomic E-state index is 0. The van der Waals surface area contributed by atoms with Crippen molar-refractivity contribution in [2.45, 2.75) is 45.2 Å². The van der Waals surface area contributed by atoms with E-state index in [9.17, 15) is 5.21 Å². The van der Waals surface area contributed by atoms with Gasteiger partial charge < -0.3 is 27.9 Å². The molecule has 0 saturated heterocycles. The van der Waals surface area contributed by atoms with Crippen molar-refractivity contribution < 1.29 is 22.1 Å². The predicted octanol–water partition coefficient (Wildman–Crippen LogP) is -1.48. The molecule has 3 N–H and O–H groups in total. The van der Waals surface area contributed by atoms with Gasteiger partial charge in [-0.3, -0.25) is 0 Å². The summed E-state index contributed by atoms with van der Waals surface area (Å²) in [6.07, 6.45) is 0.628.